The summed E-state index contributed by atoms with van der Waals surface area (Å²) in [5.41, 5.74) is 13.9. The van der Waals surface area contributed by atoms with Crippen LogP contribution in [0.15, 0.2) is 50.6 Å². The number of ether oxygens (including phenoxy) is 2. The van der Waals surface area contributed by atoms with Crippen LogP contribution in [0, 0.1) is 0 Å². The molecule has 2 bridgehead atoms. The fourth-order valence-electron chi connectivity index (χ4n) is 7.21. The van der Waals surface area contributed by atoms with Crippen molar-refractivity contribution in [2.24, 2.45) is 16.5 Å². The molecule has 2 aliphatic heterocycles. The summed E-state index contributed by atoms with van der Waals surface area (Å²) in [7, 11) is 3.12. The van der Waals surface area contributed by atoms with Crippen LogP contribution < -0.4 is 31.8 Å². The maximum atomic E-state index is 15.2. The molecule has 2 aliphatic carbocycles. The van der Waals surface area contributed by atoms with Crippen molar-refractivity contribution in [1.29, 1.82) is 0 Å². The van der Waals surface area contributed by atoms with Crippen molar-refractivity contribution in [3.63, 3.8) is 0 Å². The van der Waals surface area contributed by atoms with Crippen molar-refractivity contribution in [1.82, 2.24) is 0 Å². The molecule has 0 saturated heterocycles. The first kappa shape index (κ1) is 32.2. The van der Waals surface area contributed by atoms with Gasteiger partial charge >= 0.3 is 0 Å². The van der Waals surface area contributed by atoms with E-state index in [0.29, 0.717) is 57.2 Å². The SMILES string of the molecule is CC(C)(O)[C@H]1Cc2c(c3c4oc5c(c(=O)c4c2OC2CCCC2)[C@H](c2ccc(NO)cc2)C=C[C@@]5(O)C[C@@H](N=C(N)N)CSSC3)O1. The molecule has 0 spiro atoms. The van der Waals surface area contributed by atoms with Crippen LogP contribution in [-0.2, 0) is 17.8 Å². The Bertz CT molecular complexity index is 1810. The average molecular weight is 681 g/mol. The summed E-state index contributed by atoms with van der Waals surface area (Å²) in [6.07, 6.45) is 7.14. The monoisotopic (exact) mass is 680 g/mol. The molecule has 8 N–H and O–H groups in total. The third-order valence-electron chi connectivity index (χ3n) is 9.59. The molecule has 4 atom stereocenters. The van der Waals surface area contributed by atoms with Crippen LogP contribution in [0.4, 0.5) is 5.69 Å². The Kier molecular flexibility index (Phi) is 8.40. The Morgan fingerprint density at radius 2 is 1.89 bits per heavy atom. The van der Waals surface area contributed by atoms with E-state index in [2.05, 4.69) is 10.5 Å². The lowest BCUT2D eigenvalue weighted by molar-refractivity contribution is -0.0231. The lowest BCUT2D eigenvalue weighted by atomic mass is 9.77. The maximum Gasteiger partial charge on any atom is 0.201 e. The minimum Gasteiger partial charge on any atom is -0.489 e. The highest BCUT2D eigenvalue weighted by atomic mass is 33.1. The second-order valence-electron chi connectivity index (χ2n) is 13.4. The van der Waals surface area contributed by atoms with Crippen LogP contribution in [0.3, 0.4) is 0 Å². The van der Waals surface area contributed by atoms with Gasteiger partial charge in [-0.2, -0.15) is 0 Å². The molecule has 7 rings (SSSR count). The summed E-state index contributed by atoms with van der Waals surface area (Å²) < 4.78 is 20.1. The predicted molar refractivity (Wildman–Crippen MR) is 184 cm³/mol. The predicted octanol–water partition coefficient (Wildman–Crippen LogP) is 4.81. The molecule has 13 heteroatoms. The number of nitrogens with two attached hydrogens (primary N) is 2. The second-order valence-corrected chi connectivity index (χ2v) is 15.9. The molecular formula is C34H40N4O7S2. The summed E-state index contributed by atoms with van der Waals surface area (Å²) in [5.74, 6) is 1.40. The number of anilines is 1. The Hall–Kier alpha value is -3.36. The van der Waals surface area contributed by atoms with Crippen LogP contribution >= 0.6 is 21.6 Å². The first-order valence-electron chi connectivity index (χ1n) is 16.0. The molecule has 2 aromatic carbocycles. The Morgan fingerprint density at radius 3 is 2.57 bits per heavy atom. The number of hydrogen-bond acceptors (Lipinski definition) is 11. The zero-order valence-electron chi connectivity index (χ0n) is 26.3. The molecule has 1 fully saturated rings. The summed E-state index contributed by atoms with van der Waals surface area (Å²) in [4.78, 5) is 19.6. The van der Waals surface area contributed by atoms with Crippen molar-refractivity contribution in [2.75, 3.05) is 11.2 Å². The number of hydrogen-bond donors (Lipinski definition) is 6. The van der Waals surface area contributed by atoms with Gasteiger partial charge in [-0.25, -0.2) is 4.99 Å². The van der Waals surface area contributed by atoms with Crippen LogP contribution in [0.25, 0.3) is 11.0 Å². The molecular weight excluding hydrogens is 641 g/mol. The minimum atomic E-state index is -1.70. The zero-order chi connectivity index (χ0) is 33.1. The Balaban J connectivity index is 1.53. The van der Waals surface area contributed by atoms with Gasteiger partial charge in [-0.05, 0) is 63.3 Å². The molecule has 250 valence electrons. The van der Waals surface area contributed by atoms with Crippen molar-refractivity contribution in [3.05, 3.63) is 74.7 Å². The third-order valence-corrected chi connectivity index (χ3v) is 11.9. The summed E-state index contributed by atoms with van der Waals surface area (Å²) >= 11 is 0. The van der Waals surface area contributed by atoms with E-state index >= 15 is 4.79 Å². The molecule has 0 unspecified atom stereocenters. The van der Waals surface area contributed by atoms with Gasteiger partial charge in [0.25, 0.3) is 0 Å². The Labute approximate surface area is 280 Å². The smallest absolute Gasteiger partial charge is 0.201 e. The zero-order valence-corrected chi connectivity index (χ0v) is 28.0. The molecule has 1 aromatic heterocycles. The molecule has 3 aromatic rings. The van der Waals surface area contributed by atoms with Gasteiger partial charge in [0.15, 0.2) is 5.96 Å². The number of nitrogens with zero attached hydrogens (tertiary/aromatic N) is 1. The largest absolute Gasteiger partial charge is 0.489 e. The third kappa shape index (κ3) is 5.86. The van der Waals surface area contributed by atoms with E-state index in [4.69, 9.17) is 25.4 Å². The van der Waals surface area contributed by atoms with Gasteiger partial charge in [-0.15, -0.1) is 0 Å². The maximum absolute atomic E-state index is 15.2. The number of fused-ring (bicyclic) bond motifs is 2. The molecule has 3 heterocycles. The van der Waals surface area contributed by atoms with Crippen LogP contribution in [0.2, 0.25) is 0 Å². The number of rotatable bonds is 6. The van der Waals surface area contributed by atoms with E-state index in [0.717, 1.165) is 36.8 Å². The highest BCUT2D eigenvalue weighted by Crippen LogP contribution is 2.52. The summed E-state index contributed by atoms with van der Waals surface area (Å²) in [6, 6.07) is 6.59. The number of guanidine groups is 1. The van der Waals surface area contributed by atoms with Crippen molar-refractivity contribution >= 4 is 44.2 Å². The number of aliphatic hydroxyl groups is 2. The van der Waals surface area contributed by atoms with Gasteiger partial charge in [-0.3, -0.25) is 15.5 Å². The standard InChI is InChI=1S/C34H40N4O7S2/c1-33(2,40)24-13-22-28(44-24)23-16-47-46-15-19(37-32(35)36)14-34(41)12-11-21(17-7-9-18(38-42)10-8-17)25-27(39)26(30(23)45-31(25)34)29(22)43-20-5-3-4-6-20/h7-12,19-21,24,38,40-42H,3-6,13-16H2,1-2H3,(H4,35,36,37)/t19-,21+,24-,34-/m1/s1. The molecule has 47 heavy (non-hydrogen) atoms. The van der Waals surface area contributed by atoms with E-state index in [1.807, 2.05) is 18.2 Å². The van der Waals surface area contributed by atoms with Crippen molar-refractivity contribution in [3.8, 4) is 11.5 Å². The van der Waals surface area contributed by atoms with E-state index in [1.54, 1.807) is 53.6 Å². The van der Waals surface area contributed by atoms with Crippen LogP contribution in [0.1, 0.15) is 79.9 Å². The number of benzene rings is 2. The fraction of sp³-hybridized carbons (Fsp3) is 0.471. The van der Waals surface area contributed by atoms with Gasteiger partial charge in [0.1, 0.15) is 39.9 Å². The Morgan fingerprint density at radius 1 is 1.15 bits per heavy atom. The van der Waals surface area contributed by atoms with Crippen LogP contribution in [0.5, 0.6) is 11.5 Å². The first-order chi connectivity index (χ1) is 22.5. The van der Waals surface area contributed by atoms with Crippen LogP contribution in [-0.4, -0.2) is 51.0 Å². The summed E-state index contributed by atoms with van der Waals surface area (Å²) in [5, 5.41) is 33.2. The van der Waals surface area contributed by atoms with E-state index in [-0.39, 0.29) is 29.7 Å². The lowest BCUT2D eigenvalue weighted by Crippen LogP contribution is -2.39. The fourth-order valence-corrected chi connectivity index (χ4v) is 9.48. The highest BCUT2D eigenvalue weighted by molar-refractivity contribution is 8.76. The number of allylic oxidation sites excluding steroid dienone is 1. The highest BCUT2D eigenvalue weighted by Gasteiger charge is 2.45. The normalized spacial score (nSPS) is 25.7. The first-order valence-corrected chi connectivity index (χ1v) is 18.4. The molecule has 1 saturated carbocycles. The van der Waals surface area contributed by atoms with Gasteiger partial charge in [-0.1, -0.05) is 39.8 Å². The minimum absolute atomic E-state index is 0.0664. The quantitative estimate of drug-likeness (QED) is 0.0688. The molecule has 0 radical (unpaired) electrons. The average Bonchev–Trinajstić information content (AvgIpc) is 3.71. The molecule has 4 aliphatic rings. The topological polar surface area (TPSA) is 186 Å². The van der Waals surface area contributed by atoms with Crippen molar-refractivity contribution < 1.29 is 29.3 Å². The van der Waals surface area contributed by atoms with E-state index < -0.39 is 29.3 Å². The molecule has 0 amide bonds. The number of nitrogens with one attached hydrogen (secondary N) is 1. The second kappa shape index (κ2) is 12.3. The lowest BCUT2D eigenvalue weighted by Gasteiger charge is -2.34. The van der Waals surface area contributed by atoms with E-state index in [9.17, 15) is 15.4 Å². The van der Waals surface area contributed by atoms with Gasteiger partial charge < -0.3 is 35.6 Å². The summed E-state index contributed by atoms with van der Waals surface area (Å²) in [6.45, 7) is 3.43. The van der Waals surface area contributed by atoms with Gasteiger partial charge in [0, 0.05) is 41.4 Å². The van der Waals surface area contributed by atoms with Crippen molar-refractivity contribution in [2.45, 2.75) is 93.5 Å². The van der Waals surface area contributed by atoms with E-state index in [1.165, 1.54) is 0 Å². The molecule has 11 nitrogen and oxygen atoms in total. The van der Waals surface area contributed by atoms with Gasteiger partial charge in [0.2, 0.25) is 5.43 Å². The number of aliphatic imine (C=N–C) groups is 1. The van der Waals surface area contributed by atoms with Gasteiger partial charge in [0.05, 0.1) is 29.0 Å².